The largest absolute Gasteiger partial charge is 0.437 e. The van der Waals surface area contributed by atoms with Crippen LogP contribution in [-0.2, 0) is 5.41 Å². The molecule has 0 unspecified atom stereocenters. The summed E-state index contributed by atoms with van der Waals surface area (Å²) >= 11 is 0. The Morgan fingerprint density at radius 1 is 0.867 bits per heavy atom. The van der Waals surface area contributed by atoms with E-state index in [4.69, 9.17) is 4.74 Å². The number of benzene rings is 3. The van der Waals surface area contributed by atoms with E-state index in [1.165, 1.54) is 5.56 Å². The van der Waals surface area contributed by atoms with Crippen LogP contribution in [0.3, 0.4) is 0 Å². The maximum absolute atomic E-state index is 13.0. The van der Waals surface area contributed by atoms with E-state index < -0.39 is 0 Å². The lowest BCUT2D eigenvalue weighted by Gasteiger charge is -2.19. The van der Waals surface area contributed by atoms with Gasteiger partial charge in [0.25, 0.3) is 5.91 Å². The highest BCUT2D eigenvalue weighted by Crippen LogP contribution is 2.30. The molecule has 4 heteroatoms. The number of nitrogens with one attached hydrogen (secondary N) is 1. The third-order valence-electron chi connectivity index (χ3n) is 4.99. The Bertz CT molecular complexity index is 1190. The highest BCUT2D eigenvalue weighted by molar-refractivity contribution is 6.13. The van der Waals surface area contributed by atoms with Gasteiger partial charge >= 0.3 is 0 Å². The fourth-order valence-corrected chi connectivity index (χ4v) is 3.31. The average Bonchev–Trinajstić information content (AvgIpc) is 2.74. The molecular weight excluding hydrogens is 372 g/mol. The van der Waals surface area contributed by atoms with Crippen molar-refractivity contribution >= 4 is 22.4 Å². The van der Waals surface area contributed by atoms with Gasteiger partial charge in [0.2, 0.25) is 5.88 Å². The molecule has 1 amide bonds. The summed E-state index contributed by atoms with van der Waals surface area (Å²) in [7, 11) is 0. The second-order valence-corrected chi connectivity index (χ2v) is 8.21. The summed E-state index contributed by atoms with van der Waals surface area (Å²) in [6.45, 7) is 6.51. The first kappa shape index (κ1) is 19.6. The maximum Gasteiger partial charge on any atom is 0.256 e. The van der Waals surface area contributed by atoms with Crippen molar-refractivity contribution in [1.29, 1.82) is 0 Å². The highest BCUT2D eigenvalue weighted by atomic mass is 16.5. The molecule has 0 saturated carbocycles. The van der Waals surface area contributed by atoms with E-state index in [9.17, 15) is 4.79 Å². The summed E-state index contributed by atoms with van der Waals surface area (Å²) in [6.07, 6.45) is 1.65. The number of aromatic nitrogens is 1. The van der Waals surface area contributed by atoms with Crippen LogP contribution < -0.4 is 10.1 Å². The van der Waals surface area contributed by atoms with E-state index in [0.29, 0.717) is 22.9 Å². The van der Waals surface area contributed by atoms with Gasteiger partial charge in [0.15, 0.2) is 0 Å². The molecule has 4 aromatic rings. The summed E-state index contributed by atoms with van der Waals surface area (Å²) in [6, 6.07) is 25.0. The van der Waals surface area contributed by atoms with Crippen molar-refractivity contribution in [3.63, 3.8) is 0 Å². The molecule has 0 aliphatic heterocycles. The van der Waals surface area contributed by atoms with Crippen molar-refractivity contribution in [3.05, 3.63) is 96.2 Å². The second-order valence-electron chi connectivity index (χ2n) is 8.21. The van der Waals surface area contributed by atoms with Gasteiger partial charge in [-0.15, -0.1) is 0 Å². The lowest BCUT2D eigenvalue weighted by atomic mass is 9.87. The summed E-state index contributed by atoms with van der Waals surface area (Å²) in [5.41, 5.74) is 2.43. The number of carbonyl (C=O) groups excluding carboxylic acids is 1. The molecule has 0 aliphatic carbocycles. The molecule has 4 rings (SSSR count). The molecule has 0 saturated heterocycles. The maximum atomic E-state index is 13.0. The van der Waals surface area contributed by atoms with Gasteiger partial charge in [0.05, 0.1) is 0 Å². The molecule has 0 aliphatic rings. The Morgan fingerprint density at radius 2 is 1.60 bits per heavy atom. The smallest absolute Gasteiger partial charge is 0.256 e. The summed E-state index contributed by atoms with van der Waals surface area (Å²) in [5.74, 6) is 0.824. The predicted octanol–water partition coefficient (Wildman–Crippen LogP) is 6.58. The molecule has 0 radical (unpaired) electrons. The van der Waals surface area contributed by atoms with E-state index in [-0.39, 0.29) is 11.3 Å². The lowest BCUT2D eigenvalue weighted by Crippen LogP contribution is -2.13. The molecule has 0 spiro atoms. The van der Waals surface area contributed by atoms with E-state index in [2.05, 4.69) is 31.1 Å². The van der Waals surface area contributed by atoms with E-state index in [1.807, 2.05) is 66.7 Å². The Labute approximate surface area is 176 Å². The highest BCUT2D eigenvalue weighted by Gasteiger charge is 2.15. The number of hydrogen-bond donors (Lipinski definition) is 1. The van der Waals surface area contributed by atoms with Crippen molar-refractivity contribution in [3.8, 4) is 11.6 Å². The predicted molar refractivity (Wildman–Crippen MR) is 121 cm³/mol. The van der Waals surface area contributed by atoms with E-state index in [0.717, 1.165) is 10.8 Å². The SMILES string of the molecule is CC(C)(C)c1ccc(Oc2ncccc2NC(=O)c2cccc3ccccc23)cc1. The Balaban J connectivity index is 1.58. The minimum Gasteiger partial charge on any atom is -0.437 e. The molecule has 3 aromatic carbocycles. The van der Waals surface area contributed by atoms with Gasteiger partial charge in [0, 0.05) is 11.8 Å². The van der Waals surface area contributed by atoms with Gasteiger partial charge in [-0.3, -0.25) is 4.79 Å². The number of pyridine rings is 1. The number of ether oxygens (including phenoxy) is 1. The van der Waals surface area contributed by atoms with Crippen LogP contribution in [0.5, 0.6) is 11.6 Å². The number of fused-ring (bicyclic) bond motifs is 1. The van der Waals surface area contributed by atoms with Crippen molar-refractivity contribution in [2.75, 3.05) is 5.32 Å². The third-order valence-corrected chi connectivity index (χ3v) is 4.99. The van der Waals surface area contributed by atoms with Crippen LogP contribution in [-0.4, -0.2) is 10.9 Å². The van der Waals surface area contributed by atoms with Crippen LogP contribution in [0, 0.1) is 0 Å². The number of nitrogens with zero attached hydrogens (tertiary/aromatic N) is 1. The van der Waals surface area contributed by atoms with Gasteiger partial charge < -0.3 is 10.1 Å². The Morgan fingerprint density at radius 3 is 2.37 bits per heavy atom. The molecule has 1 heterocycles. The Hall–Kier alpha value is -3.66. The van der Waals surface area contributed by atoms with Crippen LogP contribution in [0.4, 0.5) is 5.69 Å². The van der Waals surface area contributed by atoms with Crippen molar-refractivity contribution in [1.82, 2.24) is 4.98 Å². The summed E-state index contributed by atoms with van der Waals surface area (Å²) in [4.78, 5) is 17.3. The van der Waals surface area contributed by atoms with Crippen LogP contribution in [0.25, 0.3) is 10.8 Å². The average molecular weight is 396 g/mol. The van der Waals surface area contributed by atoms with Gasteiger partial charge in [-0.25, -0.2) is 4.98 Å². The van der Waals surface area contributed by atoms with Gasteiger partial charge in [0.1, 0.15) is 11.4 Å². The Kier molecular flexibility index (Phi) is 5.23. The van der Waals surface area contributed by atoms with Crippen molar-refractivity contribution in [2.45, 2.75) is 26.2 Å². The molecular formula is C26H24N2O2. The zero-order valence-corrected chi connectivity index (χ0v) is 17.3. The van der Waals surface area contributed by atoms with Crippen LogP contribution in [0.15, 0.2) is 85.1 Å². The normalized spacial score (nSPS) is 11.3. The van der Waals surface area contributed by atoms with Crippen LogP contribution >= 0.6 is 0 Å². The quantitative estimate of drug-likeness (QED) is 0.424. The zero-order valence-electron chi connectivity index (χ0n) is 17.3. The van der Waals surface area contributed by atoms with Gasteiger partial charge in [-0.2, -0.15) is 0 Å². The summed E-state index contributed by atoms with van der Waals surface area (Å²) in [5, 5.41) is 4.87. The molecule has 4 nitrogen and oxygen atoms in total. The second kappa shape index (κ2) is 7.99. The van der Waals surface area contributed by atoms with Crippen LogP contribution in [0.2, 0.25) is 0 Å². The fourth-order valence-electron chi connectivity index (χ4n) is 3.31. The third kappa shape index (κ3) is 4.18. The van der Waals surface area contributed by atoms with Gasteiger partial charge in [-0.1, -0.05) is 69.3 Å². The number of hydrogen-bond acceptors (Lipinski definition) is 3. The molecule has 150 valence electrons. The zero-order chi connectivity index (χ0) is 21.1. The summed E-state index contributed by atoms with van der Waals surface area (Å²) < 4.78 is 5.98. The topological polar surface area (TPSA) is 51.2 Å². The molecule has 0 fully saturated rings. The number of amides is 1. The first-order valence-electron chi connectivity index (χ1n) is 9.94. The lowest BCUT2D eigenvalue weighted by molar-refractivity contribution is 0.102. The molecule has 30 heavy (non-hydrogen) atoms. The number of rotatable bonds is 4. The molecule has 0 bridgehead atoms. The molecule has 1 N–H and O–H groups in total. The standard InChI is InChI=1S/C26H24N2O2/c1-26(2,3)19-13-15-20(16-14-19)30-25-23(12-7-17-27-25)28-24(29)22-11-6-9-18-8-4-5-10-21(18)22/h4-17H,1-3H3,(H,28,29). The monoisotopic (exact) mass is 396 g/mol. The minimum atomic E-state index is -0.201. The van der Waals surface area contributed by atoms with E-state index >= 15 is 0 Å². The minimum absolute atomic E-state index is 0.0706. The number of anilines is 1. The van der Waals surface area contributed by atoms with Crippen molar-refractivity contribution in [2.24, 2.45) is 0 Å². The van der Waals surface area contributed by atoms with E-state index in [1.54, 1.807) is 18.3 Å². The van der Waals surface area contributed by atoms with Crippen molar-refractivity contribution < 1.29 is 9.53 Å². The number of carbonyl (C=O) groups is 1. The molecule has 0 atom stereocenters. The van der Waals surface area contributed by atoms with Gasteiger partial charge in [-0.05, 0) is 52.1 Å². The molecule has 1 aromatic heterocycles. The van der Waals surface area contributed by atoms with Crippen LogP contribution in [0.1, 0.15) is 36.7 Å². The fraction of sp³-hybridized carbons (Fsp3) is 0.154. The first-order chi connectivity index (χ1) is 14.4. The first-order valence-corrected chi connectivity index (χ1v) is 9.94.